The number of hydrogen-bond donors (Lipinski definition) is 3. The number of nitrogens with one attached hydrogen (secondary N) is 2. The van der Waals surface area contributed by atoms with E-state index in [2.05, 4.69) is 10.1 Å². The van der Waals surface area contributed by atoms with Crippen molar-refractivity contribution < 1.29 is 22.7 Å². The number of aliphatic hydroxyl groups excluding tert-OH is 1. The van der Waals surface area contributed by atoms with E-state index in [1.165, 1.54) is 4.68 Å². The summed E-state index contributed by atoms with van der Waals surface area (Å²) >= 11 is 0. The van der Waals surface area contributed by atoms with Crippen LogP contribution in [-0.4, -0.2) is 24.9 Å². The first-order valence-electron chi connectivity index (χ1n) is 8.25. The molecule has 0 fully saturated rings. The lowest BCUT2D eigenvalue weighted by atomic mass is 9.95. The van der Waals surface area contributed by atoms with Gasteiger partial charge in [-0.3, -0.25) is 14.8 Å². The Balaban J connectivity index is 2.26. The second-order valence-electron chi connectivity index (χ2n) is 6.61. The molecule has 0 aliphatic rings. The highest BCUT2D eigenvalue weighted by atomic mass is 19.4. The van der Waals surface area contributed by atoms with Gasteiger partial charge in [-0.15, -0.1) is 0 Å². The first kappa shape index (κ1) is 19.8. The van der Waals surface area contributed by atoms with Crippen molar-refractivity contribution in [3.63, 3.8) is 0 Å². The van der Waals surface area contributed by atoms with Crippen molar-refractivity contribution in [2.24, 2.45) is 5.92 Å². The Hall–Kier alpha value is -2.95. The summed E-state index contributed by atoms with van der Waals surface area (Å²) in [5.74, 6) is -1.76. The molecule has 11 heteroatoms. The normalized spacial score (nSPS) is 13.4. The first-order chi connectivity index (χ1) is 13.0. The molecule has 0 unspecified atom stereocenters. The molecule has 0 aliphatic heterocycles. The molecule has 0 aliphatic carbocycles. The monoisotopic (exact) mass is 400 g/mol. The molecule has 3 aromatic rings. The fraction of sp³-hybridized carbons (Fsp3) is 0.353. The lowest BCUT2D eigenvalue weighted by molar-refractivity contribution is -0.140. The molecule has 2 heterocycles. The van der Waals surface area contributed by atoms with Gasteiger partial charge in [0.2, 0.25) is 0 Å². The second kappa shape index (κ2) is 6.89. The van der Waals surface area contributed by atoms with Crippen LogP contribution in [0.2, 0.25) is 0 Å². The summed E-state index contributed by atoms with van der Waals surface area (Å²) in [4.78, 5) is 28.2. The van der Waals surface area contributed by atoms with Gasteiger partial charge < -0.3 is 5.11 Å². The van der Waals surface area contributed by atoms with Gasteiger partial charge in [-0.1, -0.05) is 19.9 Å². The minimum absolute atomic E-state index is 0.0168. The number of aromatic amines is 2. The Morgan fingerprint density at radius 1 is 1.21 bits per heavy atom. The Morgan fingerprint density at radius 2 is 1.89 bits per heavy atom. The molecule has 3 N–H and O–H groups in total. The van der Waals surface area contributed by atoms with Crippen LogP contribution in [0.4, 0.5) is 17.6 Å². The SMILES string of the molecule is CC(C)[C@H](c1ccc(C(F)(F)F)c(F)c1)n1nc(CO)c2c(=O)[nH]c(=O)[nH]c21. The standard InChI is InChI=1S/C17H16F4N4O3/c1-7(2)13(8-3-4-9(10(18)5-8)17(19,20)21)25-14-12(11(6-26)24-25)15(27)23-16(28)22-14/h3-5,7,13,26H,6H2,1-2H3,(H2,22,23,27,28)/t13-/m1/s1. The molecule has 7 nitrogen and oxygen atoms in total. The van der Waals surface area contributed by atoms with Gasteiger partial charge >= 0.3 is 11.9 Å². The highest BCUT2D eigenvalue weighted by Gasteiger charge is 2.35. The Labute approximate surface area is 154 Å². The van der Waals surface area contributed by atoms with Crippen molar-refractivity contribution in [2.75, 3.05) is 0 Å². The summed E-state index contributed by atoms with van der Waals surface area (Å²) in [6, 6.07) is 1.70. The number of rotatable bonds is 4. The number of H-pyrrole nitrogens is 2. The second-order valence-corrected chi connectivity index (χ2v) is 6.61. The molecule has 0 spiro atoms. The van der Waals surface area contributed by atoms with E-state index in [0.29, 0.717) is 6.07 Å². The highest BCUT2D eigenvalue weighted by molar-refractivity contribution is 5.77. The molecule has 0 radical (unpaired) electrons. The maximum Gasteiger partial charge on any atom is 0.419 e. The third-order valence-corrected chi connectivity index (χ3v) is 4.35. The van der Waals surface area contributed by atoms with Crippen molar-refractivity contribution in [1.29, 1.82) is 0 Å². The number of halogens is 4. The number of hydrogen-bond acceptors (Lipinski definition) is 4. The molecule has 0 saturated carbocycles. The van der Waals surface area contributed by atoms with Crippen molar-refractivity contribution in [1.82, 2.24) is 19.7 Å². The van der Waals surface area contributed by atoms with E-state index < -0.39 is 41.5 Å². The van der Waals surface area contributed by atoms with Gasteiger partial charge in [-0.05, 0) is 23.6 Å². The molecule has 28 heavy (non-hydrogen) atoms. The van der Waals surface area contributed by atoms with E-state index in [9.17, 15) is 32.3 Å². The van der Waals surface area contributed by atoms with Crippen LogP contribution < -0.4 is 11.2 Å². The Bertz CT molecular complexity index is 1140. The van der Waals surface area contributed by atoms with Crippen molar-refractivity contribution >= 4 is 11.0 Å². The zero-order valence-electron chi connectivity index (χ0n) is 14.8. The maximum atomic E-state index is 14.1. The van der Waals surface area contributed by atoms with Gasteiger partial charge in [0.25, 0.3) is 5.56 Å². The predicted molar refractivity (Wildman–Crippen MR) is 91.3 cm³/mol. The summed E-state index contributed by atoms with van der Waals surface area (Å²) in [6.45, 7) is 2.83. The van der Waals surface area contributed by atoms with Crippen LogP contribution in [-0.2, 0) is 12.8 Å². The van der Waals surface area contributed by atoms with Crippen molar-refractivity contribution in [2.45, 2.75) is 32.7 Å². The highest BCUT2D eigenvalue weighted by Crippen LogP contribution is 2.35. The van der Waals surface area contributed by atoms with E-state index in [1.807, 2.05) is 4.98 Å². The van der Waals surface area contributed by atoms with Crippen LogP contribution in [0, 0.1) is 11.7 Å². The summed E-state index contributed by atoms with van der Waals surface area (Å²) < 4.78 is 53.8. The van der Waals surface area contributed by atoms with Crippen LogP contribution in [0.5, 0.6) is 0 Å². The molecule has 1 aromatic carbocycles. The minimum atomic E-state index is -4.84. The molecule has 3 rings (SSSR count). The van der Waals surface area contributed by atoms with E-state index in [-0.39, 0.29) is 28.2 Å². The average Bonchev–Trinajstić information content (AvgIpc) is 2.92. The quantitative estimate of drug-likeness (QED) is 0.585. The number of benzene rings is 1. The van der Waals surface area contributed by atoms with Crippen molar-refractivity contribution in [3.8, 4) is 0 Å². The summed E-state index contributed by atoms with van der Waals surface area (Å²) in [6.07, 6.45) is -4.84. The lowest BCUT2D eigenvalue weighted by Gasteiger charge is -2.23. The molecule has 1 atom stereocenters. The number of fused-ring (bicyclic) bond motifs is 1. The zero-order chi connectivity index (χ0) is 20.8. The number of alkyl halides is 3. The molecule has 0 bridgehead atoms. The summed E-state index contributed by atoms with van der Waals surface area (Å²) in [7, 11) is 0. The van der Waals surface area contributed by atoms with Crippen LogP contribution in [0.3, 0.4) is 0 Å². The van der Waals surface area contributed by atoms with E-state index >= 15 is 0 Å². The summed E-state index contributed by atoms with van der Waals surface area (Å²) in [5.41, 5.74) is -2.86. The third kappa shape index (κ3) is 3.33. The molecular weight excluding hydrogens is 384 g/mol. The maximum absolute atomic E-state index is 14.1. The van der Waals surface area contributed by atoms with Crippen LogP contribution in [0.25, 0.3) is 11.0 Å². The van der Waals surface area contributed by atoms with Gasteiger partial charge in [0.1, 0.15) is 22.5 Å². The van der Waals surface area contributed by atoms with Crippen LogP contribution in [0.1, 0.15) is 36.7 Å². The van der Waals surface area contributed by atoms with E-state index in [4.69, 9.17) is 0 Å². The van der Waals surface area contributed by atoms with Gasteiger partial charge in [-0.2, -0.15) is 18.3 Å². The topological polar surface area (TPSA) is 104 Å². The van der Waals surface area contributed by atoms with Gasteiger partial charge in [-0.25, -0.2) is 13.9 Å². The predicted octanol–water partition coefficient (Wildman–Crippen LogP) is 2.31. The van der Waals surface area contributed by atoms with Gasteiger partial charge in [0.15, 0.2) is 0 Å². The van der Waals surface area contributed by atoms with Crippen LogP contribution in [0.15, 0.2) is 27.8 Å². The fourth-order valence-corrected chi connectivity index (χ4v) is 3.21. The van der Waals surface area contributed by atoms with E-state index in [1.54, 1.807) is 13.8 Å². The lowest BCUT2D eigenvalue weighted by Crippen LogP contribution is -2.25. The molecule has 150 valence electrons. The minimum Gasteiger partial charge on any atom is -0.390 e. The van der Waals surface area contributed by atoms with Crippen molar-refractivity contribution in [3.05, 3.63) is 61.7 Å². The smallest absolute Gasteiger partial charge is 0.390 e. The first-order valence-corrected chi connectivity index (χ1v) is 8.25. The molecule has 0 amide bonds. The number of aromatic nitrogens is 4. The largest absolute Gasteiger partial charge is 0.419 e. The number of aliphatic hydroxyl groups is 1. The van der Waals surface area contributed by atoms with E-state index in [0.717, 1.165) is 12.1 Å². The molecule has 2 aromatic heterocycles. The van der Waals surface area contributed by atoms with Gasteiger partial charge in [0, 0.05) is 0 Å². The number of nitrogens with zero attached hydrogens (tertiary/aromatic N) is 2. The molecular formula is C17H16F4N4O3. The molecule has 0 saturated heterocycles. The average molecular weight is 400 g/mol. The Kier molecular flexibility index (Phi) is 4.88. The van der Waals surface area contributed by atoms with Gasteiger partial charge in [0.05, 0.1) is 18.2 Å². The summed E-state index contributed by atoms with van der Waals surface area (Å²) in [5, 5.41) is 13.6. The fourth-order valence-electron chi connectivity index (χ4n) is 3.21. The zero-order valence-corrected chi connectivity index (χ0v) is 14.8. The Morgan fingerprint density at radius 3 is 2.43 bits per heavy atom. The van der Waals surface area contributed by atoms with Crippen LogP contribution >= 0.6 is 0 Å². The third-order valence-electron chi connectivity index (χ3n) is 4.35.